The average Bonchev–Trinajstić information content (AvgIpc) is 2.99. The molecule has 0 spiro atoms. The number of rotatable bonds is 5. The highest BCUT2D eigenvalue weighted by Gasteiger charge is 2.30. The zero-order chi connectivity index (χ0) is 27.8. The average molecular weight is 542 g/mol. The Kier molecular flexibility index (Phi) is 6.82. The molecule has 1 heterocycles. The van der Waals surface area contributed by atoms with Gasteiger partial charge in [0.2, 0.25) is 0 Å². The van der Waals surface area contributed by atoms with Gasteiger partial charge in [-0.2, -0.15) is 0 Å². The number of amides is 1. The van der Waals surface area contributed by atoms with Gasteiger partial charge in [-0.05, 0) is 59.7 Å². The largest absolute Gasteiger partial charge is 0.377 e. The predicted molar refractivity (Wildman–Crippen MR) is 169 cm³/mol. The Balaban J connectivity index is 1.51. The fourth-order valence-corrected chi connectivity index (χ4v) is 6.43. The Labute approximate surface area is 240 Å². The summed E-state index contributed by atoms with van der Waals surface area (Å²) in [6.07, 6.45) is 0. The van der Waals surface area contributed by atoms with Gasteiger partial charge >= 0.3 is 0 Å². The topological polar surface area (TPSA) is 26.8 Å². The zero-order valence-corrected chi connectivity index (χ0v) is 23.9. The summed E-state index contributed by atoms with van der Waals surface area (Å²) >= 11 is 1.72. The van der Waals surface area contributed by atoms with E-state index < -0.39 is 0 Å². The Morgan fingerprint density at radius 2 is 1.02 bits per heavy atom. The summed E-state index contributed by atoms with van der Waals surface area (Å²) in [5.41, 5.74) is 9.35. The third-order valence-corrected chi connectivity index (χ3v) is 8.33. The highest BCUT2D eigenvalue weighted by Crippen LogP contribution is 2.51. The highest BCUT2D eigenvalue weighted by molar-refractivity contribution is 7.99. The van der Waals surface area contributed by atoms with E-state index in [0.29, 0.717) is 5.56 Å². The normalized spacial score (nSPS) is 11.9. The van der Waals surface area contributed by atoms with Gasteiger partial charge in [0.15, 0.2) is 0 Å². The molecule has 0 fully saturated rings. The molecule has 4 nitrogen and oxygen atoms in total. The molecule has 5 aromatic rings. The quantitative estimate of drug-likeness (QED) is 0.223. The fraction of sp³-hybridized carbons (Fsp3) is 0.114. The van der Waals surface area contributed by atoms with E-state index in [-0.39, 0.29) is 5.91 Å². The van der Waals surface area contributed by atoms with Crippen molar-refractivity contribution in [2.24, 2.45) is 0 Å². The molecule has 1 aliphatic heterocycles. The van der Waals surface area contributed by atoms with Crippen molar-refractivity contribution in [3.05, 3.63) is 121 Å². The molecule has 40 heavy (non-hydrogen) atoms. The smallest absolute Gasteiger partial charge is 0.262 e. The first-order chi connectivity index (χ1) is 19.4. The second-order valence-corrected chi connectivity index (χ2v) is 11.4. The van der Waals surface area contributed by atoms with Gasteiger partial charge in [0.1, 0.15) is 0 Å². The van der Waals surface area contributed by atoms with Crippen LogP contribution in [-0.4, -0.2) is 34.1 Å². The maximum atomic E-state index is 14.0. The molecule has 0 radical (unpaired) electrons. The van der Waals surface area contributed by atoms with Crippen molar-refractivity contribution in [2.75, 3.05) is 42.9 Å². The van der Waals surface area contributed by atoms with Crippen LogP contribution in [0.1, 0.15) is 10.4 Å². The zero-order valence-electron chi connectivity index (χ0n) is 23.1. The minimum atomic E-state index is -0.0358. The van der Waals surface area contributed by atoms with Crippen LogP contribution in [0.15, 0.2) is 125 Å². The first-order valence-corrected chi connectivity index (χ1v) is 14.1. The number of nitrogens with zero attached hydrogens (tertiary/aromatic N) is 3. The number of hydrogen-bond donors (Lipinski definition) is 0. The fourth-order valence-electron chi connectivity index (χ4n) is 5.29. The van der Waals surface area contributed by atoms with E-state index in [9.17, 15) is 4.79 Å². The first kappa shape index (κ1) is 25.8. The summed E-state index contributed by atoms with van der Waals surface area (Å²) in [4.78, 5) is 22.3. The van der Waals surface area contributed by atoms with E-state index in [0.717, 1.165) is 54.8 Å². The molecule has 5 aromatic carbocycles. The lowest BCUT2D eigenvalue weighted by molar-refractivity contribution is 0.0998. The van der Waals surface area contributed by atoms with Gasteiger partial charge in [-0.15, -0.1) is 0 Å². The van der Waals surface area contributed by atoms with Crippen LogP contribution in [0.4, 0.5) is 22.7 Å². The van der Waals surface area contributed by atoms with Crippen molar-refractivity contribution in [3.8, 4) is 22.3 Å². The van der Waals surface area contributed by atoms with Gasteiger partial charge in [-0.25, -0.2) is 0 Å². The van der Waals surface area contributed by atoms with Crippen LogP contribution in [0.5, 0.6) is 0 Å². The van der Waals surface area contributed by atoms with Gasteiger partial charge in [-0.1, -0.05) is 78.5 Å². The van der Waals surface area contributed by atoms with Crippen molar-refractivity contribution < 1.29 is 4.79 Å². The summed E-state index contributed by atoms with van der Waals surface area (Å²) in [5.74, 6) is -0.0358. The number of fused-ring (bicyclic) bond motifs is 2. The van der Waals surface area contributed by atoms with Crippen LogP contribution >= 0.6 is 11.8 Å². The van der Waals surface area contributed by atoms with Crippen molar-refractivity contribution in [2.45, 2.75) is 9.79 Å². The standard InChI is InChI=1S/C35H31N3OS/c1-36(2)29-16-10-8-14-27(29)25-18-20-31-33(22-25)40-34-23-26(28-15-9-11-17-30(28)37(3)4)19-21-32(34)38(31)35(39)24-12-6-5-7-13-24/h5-23H,1-4H3. The lowest BCUT2D eigenvalue weighted by Gasteiger charge is -2.32. The van der Waals surface area contributed by atoms with Crippen molar-refractivity contribution in [1.82, 2.24) is 0 Å². The van der Waals surface area contributed by atoms with Crippen molar-refractivity contribution in [3.63, 3.8) is 0 Å². The van der Waals surface area contributed by atoms with Crippen molar-refractivity contribution in [1.29, 1.82) is 0 Å². The lowest BCUT2D eigenvalue weighted by Crippen LogP contribution is -2.28. The molecule has 0 aromatic heterocycles. The van der Waals surface area contributed by atoms with Gasteiger partial charge in [0.25, 0.3) is 5.91 Å². The van der Waals surface area contributed by atoms with Gasteiger partial charge < -0.3 is 9.80 Å². The maximum Gasteiger partial charge on any atom is 0.262 e. The summed E-state index contributed by atoms with van der Waals surface area (Å²) < 4.78 is 0. The molecular formula is C35H31N3OS. The van der Waals surface area contributed by atoms with E-state index in [1.807, 2.05) is 35.2 Å². The number of carbonyl (C=O) groups excluding carboxylic acids is 1. The second kappa shape index (κ2) is 10.6. The van der Waals surface area contributed by atoms with E-state index in [4.69, 9.17) is 0 Å². The Hall–Kier alpha value is -4.48. The monoisotopic (exact) mass is 541 g/mol. The molecule has 0 aliphatic carbocycles. The number of anilines is 4. The second-order valence-electron chi connectivity index (χ2n) is 10.3. The lowest BCUT2D eigenvalue weighted by atomic mass is 10.0. The van der Waals surface area contributed by atoms with Crippen LogP contribution in [0, 0.1) is 0 Å². The molecule has 1 amide bonds. The van der Waals surface area contributed by atoms with Crippen LogP contribution in [-0.2, 0) is 0 Å². The molecular weight excluding hydrogens is 510 g/mol. The number of carbonyl (C=O) groups is 1. The predicted octanol–water partition coefficient (Wildman–Crippen LogP) is 8.60. The summed E-state index contributed by atoms with van der Waals surface area (Å²) in [6, 6.07) is 39.2. The Morgan fingerprint density at radius 1 is 0.575 bits per heavy atom. The number of para-hydroxylation sites is 2. The maximum absolute atomic E-state index is 14.0. The van der Waals surface area contributed by atoms with E-state index in [2.05, 4.69) is 123 Å². The van der Waals surface area contributed by atoms with Crippen LogP contribution in [0.2, 0.25) is 0 Å². The molecule has 0 N–H and O–H groups in total. The minimum absolute atomic E-state index is 0.0358. The first-order valence-electron chi connectivity index (χ1n) is 13.3. The van der Waals surface area contributed by atoms with Crippen LogP contribution in [0.25, 0.3) is 22.3 Å². The number of benzene rings is 5. The molecule has 0 unspecified atom stereocenters. The highest BCUT2D eigenvalue weighted by atomic mass is 32.2. The van der Waals surface area contributed by atoms with Gasteiger partial charge in [-0.3, -0.25) is 9.69 Å². The summed E-state index contributed by atoms with van der Waals surface area (Å²) in [5, 5.41) is 0. The molecule has 0 saturated heterocycles. The van der Waals surface area contributed by atoms with E-state index >= 15 is 0 Å². The third-order valence-electron chi connectivity index (χ3n) is 7.24. The summed E-state index contributed by atoms with van der Waals surface area (Å²) in [6.45, 7) is 0. The molecule has 0 bridgehead atoms. The number of hydrogen-bond acceptors (Lipinski definition) is 4. The van der Waals surface area contributed by atoms with Gasteiger partial charge in [0, 0.05) is 66.0 Å². The van der Waals surface area contributed by atoms with E-state index in [1.54, 1.807) is 11.8 Å². The molecule has 6 rings (SSSR count). The molecule has 0 atom stereocenters. The Bertz CT molecular complexity index is 1610. The molecule has 0 saturated carbocycles. The molecule has 5 heteroatoms. The summed E-state index contributed by atoms with van der Waals surface area (Å²) in [7, 11) is 8.26. The van der Waals surface area contributed by atoms with Crippen LogP contribution in [0.3, 0.4) is 0 Å². The molecule has 1 aliphatic rings. The SMILES string of the molecule is CN(C)c1ccccc1-c1ccc2c(c1)Sc1cc(-c3ccccc3N(C)C)ccc1N2C(=O)c1ccccc1. The molecule has 198 valence electrons. The third kappa shape index (κ3) is 4.63. The van der Waals surface area contributed by atoms with Gasteiger partial charge in [0.05, 0.1) is 11.4 Å². The minimum Gasteiger partial charge on any atom is -0.377 e. The van der Waals surface area contributed by atoms with Crippen molar-refractivity contribution >= 4 is 40.4 Å². The van der Waals surface area contributed by atoms with Crippen LogP contribution < -0.4 is 14.7 Å². The Morgan fingerprint density at radius 3 is 1.50 bits per heavy atom. The van der Waals surface area contributed by atoms with E-state index in [1.165, 1.54) is 0 Å².